The molecule has 0 saturated carbocycles. The highest BCUT2D eigenvalue weighted by Crippen LogP contribution is 2.24. The summed E-state index contributed by atoms with van der Waals surface area (Å²) in [5, 5.41) is 17.9. The first-order valence-electron chi connectivity index (χ1n) is 16.3. The molecule has 15 heteroatoms. The first-order chi connectivity index (χ1) is 24.3. The molecule has 6 amide bonds. The van der Waals surface area contributed by atoms with Gasteiger partial charge >= 0.3 is 11.7 Å². The van der Waals surface area contributed by atoms with Crippen molar-refractivity contribution in [2.45, 2.75) is 40.5 Å². The van der Waals surface area contributed by atoms with Crippen molar-refractivity contribution in [3.8, 4) is 11.6 Å². The lowest BCUT2D eigenvalue weighted by atomic mass is 10.1. The number of nitrogens with one attached hydrogen (secondary N) is 5. The molecule has 0 bridgehead atoms. The van der Waals surface area contributed by atoms with Crippen molar-refractivity contribution < 1.29 is 34.0 Å². The Balaban J connectivity index is 1.53. The fraction of sp³-hybridized carbons (Fsp3) is 0.250. The van der Waals surface area contributed by atoms with Crippen LogP contribution in [0.1, 0.15) is 46.1 Å². The molecule has 0 spiro atoms. The molecule has 4 rings (SSSR count). The Bertz CT molecular complexity index is 2070. The van der Waals surface area contributed by atoms with E-state index in [4.69, 9.17) is 0 Å². The number of hydrogen-bond acceptors (Lipinski definition) is 8. The number of barbiturate groups is 1. The number of nitrogens with zero attached hydrogens (tertiary/aromatic N) is 2. The van der Waals surface area contributed by atoms with Crippen molar-refractivity contribution in [3.63, 3.8) is 0 Å². The van der Waals surface area contributed by atoms with E-state index in [0.29, 0.717) is 29.8 Å². The van der Waals surface area contributed by atoms with E-state index < -0.39 is 35.0 Å². The number of aromatic amines is 1. The summed E-state index contributed by atoms with van der Waals surface area (Å²) in [6, 6.07) is 11.2. The van der Waals surface area contributed by atoms with Crippen LogP contribution in [0, 0.1) is 0 Å². The van der Waals surface area contributed by atoms with Gasteiger partial charge < -0.3 is 20.6 Å². The van der Waals surface area contributed by atoms with Gasteiger partial charge in [-0.05, 0) is 69.3 Å². The zero-order chi connectivity index (χ0) is 37.2. The number of aromatic nitrogens is 2. The Morgan fingerprint density at radius 1 is 0.922 bits per heavy atom. The largest absolute Gasteiger partial charge is 0.494 e. The van der Waals surface area contributed by atoms with Crippen LogP contribution >= 0.6 is 0 Å². The van der Waals surface area contributed by atoms with Gasteiger partial charge in [-0.3, -0.25) is 34.3 Å². The highest BCUT2D eigenvalue weighted by atomic mass is 16.3. The summed E-state index contributed by atoms with van der Waals surface area (Å²) in [6.07, 6.45) is 6.27. The number of amides is 6. The van der Waals surface area contributed by atoms with E-state index in [1.807, 2.05) is 0 Å². The number of urea groups is 1. The number of hydrogen-bond donors (Lipinski definition) is 6. The van der Waals surface area contributed by atoms with Crippen LogP contribution in [-0.2, 0) is 19.2 Å². The van der Waals surface area contributed by atoms with Crippen LogP contribution < -0.4 is 37.0 Å². The fourth-order valence-electron chi connectivity index (χ4n) is 5.29. The van der Waals surface area contributed by atoms with Crippen molar-refractivity contribution in [3.05, 3.63) is 104 Å². The topological polar surface area (TPSA) is 204 Å². The maximum absolute atomic E-state index is 13.4. The first kappa shape index (κ1) is 37.5. The van der Waals surface area contributed by atoms with Crippen LogP contribution in [0.5, 0.6) is 5.88 Å². The van der Waals surface area contributed by atoms with Gasteiger partial charge in [0.2, 0.25) is 17.7 Å². The van der Waals surface area contributed by atoms with Gasteiger partial charge in [0.05, 0.1) is 31.0 Å². The van der Waals surface area contributed by atoms with Crippen molar-refractivity contribution in [2.75, 3.05) is 35.2 Å². The average Bonchev–Trinajstić information content (AvgIpc) is 3.06. The molecule has 3 aromatic rings. The minimum absolute atomic E-state index is 0.134. The van der Waals surface area contributed by atoms with Gasteiger partial charge in [0.15, 0.2) is 0 Å². The third-order valence-corrected chi connectivity index (χ3v) is 7.99. The van der Waals surface area contributed by atoms with Crippen LogP contribution in [0.4, 0.5) is 21.9 Å². The molecule has 2 heterocycles. The van der Waals surface area contributed by atoms with Crippen LogP contribution in [0.15, 0.2) is 87.5 Å². The van der Waals surface area contributed by atoms with Gasteiger partial charge in [0.25, 0.3) is 17.4 Å². The van der Waals surface area contributed by atoms with Gasteiger partial charge in [-0.2, -0.15) is 0 Å². The summed E-state index contributed by atoms with van der Waals surface area (Å²) in [7, 11) is 0. The first-order valence-corrected chi connectivity index (χ1v) is 16.3. The van der Waals surface area contributed by atoms with Gasteiger partial charge in [-0.25, -0.2) is 19.1 Å². The molecule has 1 aromatic heterocycles. The van der Waals surface area contributed by atoms with Crippen molar-refractivity contribution in [1.82, 2.24) is 14.9 Å². The number of carbonyl (C=O) groups is 5. The highest BCUT2D eigenvalue weighted by Gasteiger charge is 2.36. The molecular formula is C36H40N7O8+. The molecular weight excluding hydrogens is 658 g/mol. The molecule has 0 atom stereocenters. The Labute approximate surface area is 293 Å². The lowest BCUT2D eigenvalue weighted by Crippen LogP contribution is -3.11. The van der Waals surface area contributed by atoms with E-state index in [0.717, 1.165) is 29.1 Å². The monoisotopic (exact) mass is 698 g/mol. The summed E-state index contributed by atoms with van der Waals surface area (Å²) in [4.78, 5) is 93.2. The second-order valence-corrected chi connectivity index (χ2v) is 11.7. The van der Waals surface area contributed by atoms with Crippen LogP contribution in [0.3, 0.4) is 0 Å². The van der Waals surface area contributed by atoms with Crippen LogP contribution in [0.25, 0.3) is 11.8 Å². The number of benzene rings is 2. The zero-order valence-corrected chi connectivity index (χ0v) is 28.7. The Kier molecular flexibility index (Phi) is 12.4. The van der Waals surface area contributed by atoms with Crippen LogP contribution in [0.2, 0.25) is 0 Å². The SMILES string of the molecule is CC[NH+](CC)CCCC(=O)Nc1cccc(N2C(=O)NC(=O)C(=CC=C(C)C=Cc3c(O)[nH]c(=O)n(-c4cccc(NC(C)=O)c4)c3=O)C2=O)c1. The summed E-state index contributed by atoms with van der Waals surface area (Å²) < 4.78 is 0.789. The number of aromatic hydroxyl groups is 1. The third-order valence-electron chi connectivity index (χ3n) is 7.99. The summed E-state index contributed by atoms with van der Waals surface area (Å²) >= 11 is 0. The van der Waals surface area contributed by atoms with Gasteiger partial charge in [0.1, 0.15) is 11.1 Å². The van der Waals surface area contributed by atoms with Gasteiger partial charge in [-0.1, -0.05) is 29.9 Å². The van der Waals surface area contributed by atoms with E-state index >= 15 is 0 Å². The number of rotatable bonds is 13. The van der Waals surface area contributed by atoms with Crippen molar-refractivity contribution >= 4 is 52.8 Å². The maximum atomic E-state index is 13.4. The van der Waals surface area contributed by atoms with Crippen molar-refractivity contribution in [2.24, 2.45) is 0 Å². The van der Waals surface area contributed by atoms with Crippen LogP contribution in [-0.4, -0.2) is 64.0 Å². The number of anilines is 3. The molecule has 6 N–H and O–H groups in total. The fourth-order valence-corrected chi connectivity index (χ4v) is 5.29. The molecule has 2 aromatic carbocycles. The molecule has 1 fully saturated rings. The quantitative estimate of drug-likeness (QED) is 0.0883. The van der Waals surface area contributed by atoms with E-state index in [1.165, 1.54) is 66.5 Å². The van der Waals surface area contributed by atoms with E-state index in [2.05, 4.69) is 34.8 Å². The highest BCUT2D eigenvalue weighted by molar-refractivity contribution is 6.37. The molecule has 1 aliphatic heterocycles. The minimum Gasteiger partial charge on any atom is -0.494 e. The minimum atomic E-state index is -0.958. The second-order valence-electron chi connectivity index (χ2n) is 11.7. The van der Waals surface area contributed by atoms with Gasteiger partial charge in [0, 0.05) is 31.1 Å². The molecule has 0 radical (unpaired) electrons. The van der Waals surface area contributed by atoms with Gasteiger partial charge in [-0.15, -0.1) is 0 Å². The molecule has 266 valence electrons. The number of imide groups is 2. The summed E-state index contributed by atoms with van der Waals surface area (Å²) in [6.45, 7) is 9.89. The normalized spacial score (nSPS) is 14.4. The predicted octanol–water partition coefficient (Wildman–Crippen LogP) is 2.00. The summed E-state index contributed by atoms with van der Waals surface area (Å²) in [5.41, 5.74) is -0.967. The lowest BCUT2D eigenvalue weighted by molar-refractivity contribution is -0.896. The zero-order valence-electron chi connectivity index (χ0n) is 28.7. The second kappa shape index (κ2) is 16.8. The summed E-state index contributed by atoms with van der Waals surface area (Å²) in [5.74, 6) is -3.06. The standard InChI is InChI=1S/C36H39N7O8/c1-5-41(6-2)19-9-14-30(45)38-25-11-8-13-27(21-25)43-34(49)29(32(47)40-36(43)51)18-16-22(3)15-17-28-31(46)39-35(50)42(33(28)48)26-12-7-10-24(20-26)37-23(4)44/h7-8,10-13,15-18,20-21,46H,5-6,9,14,19H2,1-4H3,(H,37,44)(H,38,45)(H,39,50)(H,40,47,51)/p+1. The van der Waals surface area contributed by atoms with E-state index in [-0.39, 0.29) is 34.3 Å². The number of quaternary nitrogens is 1. The smallest absolute Gasteiger partial charge is 0.335 e. The van der Waals surface area contributed by atoms with Crippen molar-refractivity contribution in [1.29, 1.82) is 0 Å². The molecule has 51 heavy (non-hydrogen) atoms. The number of carbonyl (C=O) groups excluding carboxylic acids is 5. The third kappa shape index (κ3) is 9.42. The number of H-pyrrole nitrogens is 1. The molecule has 0 aliphatic carbocycles. The predicted molar refractivity (Wildman–Crippen MR) is 192 cm³/mol. The molecule has 0 unspecified atom stereocenters. The molecule has 1 saturated heterocycles. The number of allylic oxidation sites excluding steroid dienone is 4. The average molecular weight is 699 g/mol. The maximum Gasteiger partial charge on any atom is 0.335 e. The molecule has 1 aliphatic rings. The Morgan fingerprint density at radius 3 is 2.24 bits per heavy atom. The van der Waals surface area contributed by atoms with E-state index in [9.17, 15) is 38.7 Å². The lowest BCUT2D eigenvalue weighted by Gasteiger charge is -2.26. The van der Waals surface area contributed by atoms with E-state index in [1.54, 1.807) is 25.1 Å². The molecule has 15 nitrogen and oxygen atoms in total. The Morgan fingerprint density at radius 2 is 1.57 bits per heavy atom. The Hall–Kier alpha value is -6.35.